The van der Waals surface area contributed by atoms with Crippen molar-refractivity contribution >= 4 is 29.3 Å². The number of ether oxygens (including phenoxy) is 2. The second-order valence-electron chi connectivity index (χ2n) is 4.73. The molecule has 0 radical (unpaired) electrons. The van der Waals surface area contributed by atoms with Gasteiger partial charge in [0.05, 0.1) is 19.3 Å². The Morgan fingerprint density at radius 2 is 2.05 bits per heavy atom. The predicted octanol–water partition coefficient (Wildman–Crippen LogP) is 1.63. The van der Waals surface area contributed by atoms with Crippen molar-refractivity contribution in [2.75, 3.05) is 43.6 Å². The maximum absolute atomic E-state index is 6.00. The molecule has 0 aromatic carbocycles. The number of halogens is 1. The van der Waals surface area contributed by atoms with Gasteiger partial charge in [-0.25, -0.2) is 0 Å². The smallest absolute Gasteiger partial charge is 0.230 e. The summed E-state index contributed by atoms with van der Waals surface area (Å²) >= 11 is 7.58. The van der Waals surface area contributed by atoms with Crippen LogP contribution in [-0.4, -0.2) is 59.7 Å². The summed E-state index contributed by atoms with van der Waals surface area (Å²) in [5, 5.41) is 0.915. The molecule has 1 aromatic heterocycles. The van der Waals surface area contributed by atoms with E-state index in [0.29, 0.717) is 30.4 Å². The van der Waals surface area contributed by atoms with Gasteiger partial charge in [0.2, 0.25) is 11.2 Å². The van der Waals surface area contributed by atoms with Gasteiger partial charge in [-0.05, 0) is 24.4 Å². The van der Waals surface area contributed by atoms with Crippen LogP contribution in [0.5, 0.6) is 0 Å². The van der Waals surface area contributed by atoms with E-state index in [2.05, 4.69) is 19.9 Å². The summed E-state index contributed by atoms with van der Waals surface area (Å²) in [7, 11) is 0. The van der Waals surface area contributed by atoms with Crippen molar-refractivity contribution in [3.63, 3.8) is 0 Å². The molecule has 3 rings (SSSR count). The van der Waals surface area contributed by atoms with Crippen molar-refractivity contribution in [3.8, 4) is 0 Å². The SMILES string of the molecule is Clc1nc(SCC2CCCO2)nc(N2CCOCC2)n1. The Hall–Kier alpha value is -0.630. The van der Waals surface area contributed by atoms with Crippen molar-refractivity contribution in [2.24, 2.45) is 0 Å². The molecule has 0 aliphatic carbocycles. The average molecular weight is 317 g/mol. The molecule has 20 heavy (non-hydrogen) atoms. The Morgan fingerprint density at radius 1 is 1.20 bits per heavy atom. The van der Waals surface area contributed by atoms with E-state index in [1.54, 1.807) is 11.8 Å². The average Bonchev–Trinajstić information content (AvgIpc) is 2.99. The zero-order valence-corrected chi connectivity index (χ0v) is 12.7. The van der Waals surface area contributed by atoms with Crippen LogP contribution in [0.15, 0.2) is 5.16 Å². The minimum absolute atomic E-state index is 0.247. The number of thioether (sulfide) groups is 1. The van der Waals surface area contributed by atoms with Crippen LogP contribution >= 0.6 is 23.4 Å². The zero-order valence-electron chi connectivity index (χ0n) is 11.1. The van der Waals surface area contributed by atoms with Crippen LogP contribution < -0.4 is 4.90 Å². The van der Waals surface area contributed by atoms with Crippen molar-refractivity contribution < 1.29 is 9.47 Å². The summed E-state index contributed by atoms with van der Waals surface area (Å²) in [5.41, 5.74) is 0. The van der Waals surface area contributed by atoms with Crippen molar-refractivity contribution in [1.82, 2.24) is 15.0 Å². The molecule has 2 aliphatic rings. The standard InChI is InChI=1S/C12H17ClN4O2S/c13-10-14-11(17-3-6-18-7-4-17)16-12(15-10)20-8-9-2-1-5-19-9/h9H,1-8H2. The number of aromatic nitrogens is 3. The topological polar surface area (TPSA) is 60.4 Å². The summed E-state index contributed by atoms with van der Waals surface area (Å²) in [4.78, 5) is 15.0. The molecule has 110 valence electrons. The molecule has 0 amide bonds. The predicted molar refractivity (Wildman–Crippen MR) is 77.6 cm³/mol. The first kappa shape index (κ1) is 14.3. The fraction of sp³-hybridized carbons (Fsp3) is 0.750. The summed E-state index contributed by atoms with van der Waals surface area (Å²) < 4.78 is 10.9. The van der Waals surface area contributed by atoms with Gasteiger partial charge >= 0.3 is 0 Å². The van der Waals surface area contributed by atoms with Crippen LogP contribution in [0.1, 0.15) is 12.8 Å². The van der Waals surface area contributed by atoms with E-state index in [1.165, 1.54) is 0 Å². The van der Waals surface area contributed by atoms with Gasteiger partial charge in [0.25, 0.3) is 0 Å². The van der Waals surface area contributed by atoms with Gasteiger partial charge in [0.1, 0.15) is 0 Å². The lowest BCUT2D eigenvalue weighted by Crippen LogP contribution is -2.37. The fourth-order valence-corrected chi connectivity index (χ4v) is 3.34. The second kappa shape index (κ2) is 6.89. The van der Waals surface area contributed by atoms with Gasteiger partial charge in [0, 0.05) is 25.4 Å². The van der Waals surface area contributed by atoms with Crippen LogP contribution in [0.3, 0.4) is 0 Å². The molecule has 2 aliphatic heterocycles. The molecular formula is C12H17ClN4O2S. The Morgan fingerprint density at radius 3 is 2.80 bits per heavy atom. The molecule has 1 unspecified atom stereocenters. The highest BCUT2D eigenvalue weighted by molar-refractivity contribution is 7.99. The molecule has 8 heteroatoms. The molecule has 2 fully saturated rings. The van der Waals surface area contributed by atoms with Crippen molar-refractivity contribution in [2.45, 2.75) is 24.1 Å². The molecule has 3 heterocycles. The number of morpholine rings is 1. The number of rotatable bonds is 4. The highest BCUT2D eigenvalue weighted by Gasteiger charge is 2.19. The lowest BCUT2D eigenvalue weighted by molar-refractivity contribution is 0.122. The monoisotopic (exact) mass is 316 g/mol. The van der Waals surface area contributed by atoms with E-state index in [0.717, 1.165) is 38.3 Å². The summed E-state index contributed by atoms with van der Waals surface area (Å²) in [5.74, 6) is 1.51. The molecule has 0 spiro atoms. The van der Waals surface area contributed by atoms with E-state index < -0.39 is 0 Å². The van der Waals surface area contributed by atoms with Crippen LogP contribution in [0.2, 0.25) is 5.28 Å². The Balaban J connectivity index is 1.65. The van der Waals surface area contributed by atoms with E-state index >= 15 is 0 Å². The Labute approximate surface area is 127 Å². The van der Waals surface area contributed by atoms with Crippen molar-refractivity contribution in [3.05, 3.63) is 5.28 Å². The highest BCUT2D eigenvalue weighted by Crippen LogP contribution is 2.23. The summed E-state index contributed by atoms with van der Waals surface area (Å²) in [6.07, 6.45) is 2.56. The van der Waals surface area contributed by atoms with Gasteiger partial charge < -0.3 is 14.4 Å². The lowest BCUT2D eigenvalue weighted by Gasteiger charge is -2.26. The number of anilines is 1. The van der Waals surface area contributed by atoms with Crippen molar-refractivity contribution in [1.29, 1.82) is 0 Å². The minimum atomic E-state index is 0.247. The molecule has 0 bridgehead atoms. The van der Waals surface area contributed by atoms with E-state index in [4.69, 9.17) is 21.1 Å². The van der Waals surface area contributed by atoms with Crippen LogP contribution in [-0.2, 0) is 9.47 Å². The maximum atomic E-state index is 6.00. The Kier molecular flexibility index (Phi) is 4.93. The third kappa shape index (κ3) is 3.72. The molecule has 1 aromatic rings. The lowest BCUT2D eigenvalue weighted by atomic mass is 10.3. The third-order valence-electron chi connectivity index (χ3n) is 3.29. The second-order valence-corrected chi connectivity index (χ2v) is 6.06. The normalized spacial score (nSPS) is 23.2. The van der Waals surface area contributed by atoms with Crippen LogP contribution in [0.25, 0.3) is 0 Å². The quantitative estimate of drug-likeness (QED) is 0.782. The van der Waals surface area contributed by atoms with Crippen LogP contribution in [0.4, 0.5) is 5.95 Å². The first-order chi connectivity index (χ1) is 9.81. The van der Waals surface area contributed by atoms with Gasteiger partial charge in [-0.15, -0.1) is 0 Å². The first-order valence-electron chi connectivity index (χ1n) is 6.80. The summed E-state index contributed by atoms with van der Waals surface area (Å²) in [6, 6.07) is 0. The van der Waals surface area contributed by atoms with Gasteiger partial charge in [-0.3, -0.25) is 0 Å². The Bertz CT molecular complexity index is 453. The zero-order chi connectivity index (χ0) is 13.8. The number of hydrogen-bond donors (Lipinski definition) is 0. The van der Waals surface area contributed by atoms with Crippen LogP contribution in [0, 0.1) is 0 Å². The maximum Gasteiger partial charge on any atom is 0.230 e. The largest absolute Gasteiger partial charge is 0.378 e. The molecule has 1 atom stereocenters. The van der Waals surface area contributed by atoms with E-state index in [-0.39, 0.29) is 5.28 Å². The third-order valence-corrected chi connectivity index (χ3v) is 4.44. The minimum Gasteiger partial charge on any atom is -0.378 e. The highest BCUT2D eigenvalue weighted by atomic mass is 35.5. The van der Waals surface area contributed by atoms with E-state index in [1.807, 2.05) is 0 Å². The molecule has 6 nitrogen and oxygen atoms in total. The number of hydrogen-bond acceptors (Lipinski definition) is 7. The molecule has 0 saturated carbocycles. The van der Waals surface area contributed by atoms with E-state index in [9.17, 15) is 0 Å². The van der Waals surface area contributed by atoms with Gasteiger partial charge in [-0.1, -0.05) is 11.8 Å². The first-order valence-corrected chi connectivity index (χ1v) is 8.16. The summed E-state index contributed by atoms with van der Waals surface area (Å²) in [6.45, 7) is 3.83. The van der Waals surface area contributed by atoms with Gasteiger partial charge in [-0.2, -0.15) is 15.0 Å². The molecular weight excluding hydrogens is 300 g/mol. The van der Waals surface area contributed by atoms with Gasteiger partial charge in [0.15, 0.2) is 5.16 Å². The fourth-order valence-electron chi connectivity index (χ4n) is 2.23. The number of nitrogens with zero attached hydrogens (tertiary/aromatic N) is 4. The molecule has 0 N–H and O–H groups in total. The molecule has 2 saturated heterocycles.